The van der Waals surface area contributed by atoms with Crippen molar-refractivity contribution >= 4 is 23.9 Å². The van der Waals surface area contributed by atoms with E-state index in [1.54, 1.807) is 62.4 Å². The molecular formula is C42H50O12. The summed E-state index contributed by atoms with van der Waals surface area (Å²) in [5, 5.41) is 0. The van der Waals surface area contributed by atoms with Crippen LogP contribution in [-0.2, 0) is 38.1 Å². The Bertz CT molecular complexity index is 1510. The van der Waals surface area contributed by atoms with Crippen LogP contribution in [0.4, 0.5) is 0 Å². The first-order valence-electron chi connectivity index (χ1n) is 17.8. The van der Waals surface area contributed by atoms with Crippen LogP contribution in [0.5, 0.6) is 23.0 Å². The number of esters is 4. The average molecular weight is 747 g/mol. The van der Waals surface area contributed by atoms with Gasteiger partial charge in [-0.3, -0.25) is 9.59 Å². The van der Waals surface area contributed by atoms with Gasteiger partial charge in [-0.05, 0) is 75.9 Å². The molecule has 0 saturated carbocycles. The molecule has 2 unspecified atom stereocenters. The van der Waals surface area contributed by atoms with Crippen LogP contribution < -0.4 is 18.9 Å². The second-order valence-corrected chi connectivity index (χ2v) is 12.3. The van der Waals surface area contributed by atoms with Gasteiger partial charge in [0.2, 0.25) is 0 Å². The number of rotatable bonds is 26. The van der Waals surface area contributed by atoms with Gasteiger partial charge in [-0.2, -0.15) is 0 Å². The Morgan fingerprint density at radius 2 is 0.852 bits per heavy atom. The van der Waals surface area contributed by atoms with Crippen molar-refractivity contribution in [3.63, 3.8) is 0 Å². The third-order valence-electron chi connectivity index (χ3n) is 7.35. The van der Waals surface area contributed by atoms with Crippen LogP contribution in [0.1, 0.15) is 52.4 Å². The van der Waals surface area contributed by atoms with Crippen LogP contribution in [0.3, 0.4) is 0 Å². The van der Waals surface area contributed by atoms with Gasteiger partial charge in [0.25, 0.3) is 0 Å². The fraction of sp³-hybridized carbons (Fsp3) is 0.381. The van der Waals surface area contributed by atoms with Crippen LogP contribution in [0.2, 0.25) is 0 Å². The summed E-state index contributed by atoms with van der Waals surface area (Å²) >= 11 is 0. The van der Waals surface area contributed by atoms with Gasteiger partial charge in [0, 0.05) is 30.1 Å². The molecule has 290 valence electrons. The van der Waals surface area contributed by atoms with E-state index < -0.39 is 36.1 Å². The molecule has 0 aliphatic carbocycles. The fourth-order valence-electron chi connectivity index (χ4n) is 4.48. The highest BCUT2D eigenvalue weighted by Crippen LogP contribution is 2.21. The number of hydrogen-bond donors (Lipinski definition) is 0. The number of hydrogen-bond acceptors (Lipinski definition) is 12. The van der Waals surface area contributed by atoms with Crippen molar-refractivity contribution in [2.45, 2.75) is 64.6 Å². The molecule has 54 heavy (non-hydrogen) atoms. The first-order valence-corrected chi connectivity index (χ1v) is 17.8. The molecule has 0 saturated heterocycles. The minimum absolute atomic E-state index is 0.00416. The number of ether oxygens (including phenoxy) is 8. The lowest BCUT2D eigenvalue weighted by Crippen LogP contribution is -2.31. The van der Waals surface area contributed by atoms with Crippen molar-refractivity contribution in [1.82, 2.24) is 0 Å². The third kappa shape index (κ3) is 18.1. The summed E-state index contributed by atoms with van der Waals surface area (Å²) in [4.78, 5) is 48.5. The predicted molar refractivity (Wildman–Crippen MR) is 200 cm³/mol. The first-order chi connectivity index (χ1) is 26.1. The molecule has 0 heterocycles. The summed E-state index contributed by atoms with van der Waals surface area (Å²) in [6.07, 6.45) is 0.705. The van der Waals surface area contributed by atoms with Crippen molar-refractivity contribution in [2.75, 3.05) is 39.6 Å². The maximum absolute atomic E-state index is 12.7. The molecule has 0 spiro atoms. The number of para-hydroxylation sites is 2. The fourth-order valence-corrected chi connectivity index (χ4v) is 4.48. The van der Waals surface area contributed by atoms with Gasteiger partial charge in [0.1, 0.15) is 49.4 Å². The Morgan fingerprint density at radius 3 is 1.22 bits per heavy atom. The number of unbranched alkanes of at least 4 members (excludes halogenated alkanes) is 2. The minimum atomic E-state index is -0.736. The Labute approximate surface area is 316 Å². The van der Waals surface area contributed by atoms with Crippen molar-refractivity contribution in [2.24, 2.45) is 0 Å². The van der Waals surface area contributed by atoms with Gasteiger partial charge in [0.15, 0.2) is 12.2 Å². The van der Waals surface area contributed by atoms with Crippen LogP contribution in [0, 0.1) is 0 Å². The molecule has 3 aromatic rings. The second kappa shape index (κ2) is 24.5. The molecule has 3 rings (SSSR count). The Morgan fingerprint density at radius 1 is 0.500 bits per heavy atom. The molecule has 2 atom stereocenters. The number of benzene rings is 3. The molecule has 0 aromatic heterocycles. The topological polar surface area (TPSA) is 142 Å². The number of carbonyl (C=O) groups is 4. The Kier molecular flexibility index (Phi) is 19.3. The van der Waals surface area contributed by atoms with E-state index in [4.69, 9.17) is 37.9 Å². The van der Waals surface area contributed by atoms with Crippen LogP contribution in [-0.4, -0.2) is 75.7 Å². The van der Waals surface area contributed by atoms with E-state index in [2.05, 4.69) is 13.2 Å². The van der Waals surface area contributed by atoms with Crippen LogP contribution in [0.15, 0.2) is 109 Å². The van der Waals surface area contributed by atoms with Gasteiger partial charge in [-0.1, -0.05) is 55.6 Å². The average Bonchev–Trinajstić information content (AvgIpc) is 3.17. The van der Waals surface area contributed by atoms with E-state index in [0.717, 1.165) is 0 Å². The molecule has 0 aliphatic rings. The van der Waals surface area contributed by atoms with E-state index in [-0.39, 0.29) is 52.5 Å². The zero-order chi connectivity index (χ0) is 39.0. The second-order valence-electron chi connectivity index (χ2n) is 12.3. The first kappa shape index (κ1) is 42.6. The van der Waals surface area contributed by atoms with Crippen LogP contribution >= 0.6 is 0 Å². The molecule has 0 radical (unpaired) electrons. The largest absolute Gasteiger partial charge is 0.490 e. The normalized spacial score (nSPS) is 11.6. The maximum Gasteiger partial charge on any atom is 0.333 e. The summed E-state index contributed by atoms with van der Waals surface area (Å²) in [7, 11) is 0. The van der Waals surface area contributed by atoms with Crippen LogP contribution in [0.25, 0.3) is 0 Å². The molecule has 12 nitrogen and oxygen atoms in total. The summed E-state index contributed by atoms with van der Waals surface area (Å²) in [5.41, 5.74) is 0.632. The highest BCUT2D eigenvalue weighted by atomic mass is 16.6. The SMILES string of the molecule is C=C(C)C(=O)OCCCCC(=O)OC(COc1ccccc1)COc1cccc(OCC(COc2ccccc2)OC(=O)CCCCOC(=O)C(=C)C)c1. The molecule has 0 bridgehead atoms. The van der Waals surface area contributed by atoms with E-state index in [1.165, 1.54) is 0 Å². The smallest absolute Gasteiger partial charge is 0.333 e. The Hall–Kier alpha value is -5.78. The lowest BCUT2D eigenvalue weighted by atomic mass is 10.2. The zero-order valence-electron chi connectivity index (χ0n) is 31.0. The summed E-state index contributed by atoms with van der Waals surface area (Å²) in [6, 6.07) is 25.2. The molecule has 3 aromatic carbocycles. The maximum atomic E-state index is 12.7. The van der Waals surface area contributed by atoms with Crippen molar-refractivity contribution in [3.8, 4) is 23.0 Å². The molecule has 12 heteroatoms. The molecule has 0 amide bonds. The standard InChI is InChI=1S/C42H50O12/c1-31(2)41(45)47-24-13-11-22-39(43)53-37(27-49-33-16-7-5-8-17-33)29-51-35-20-15-21-36(26-35)52-30-38(28-50-34-18-9-6-10-19-34)54-40(44)23-12-14-25-48-42(46)32(3)4/h5-10,15-21,26,37-38H,1,3,11-14,22-25,27-30H2,2,4H3. The van der Waals surface area contributed by atoms with Gasteiger partial charge in [-0.15, -0.1) is 0 Å². The number of carbonyl (C=O) groups excluding carboxylic acids is 4. The van der Waals surface area contributed by atoms with E-state index in [1.807, 2.05) is 36.4 Å². The molecule has 0 fully saturated rings. The Balaban J connectivity index is 1.54. The molecule has 0 N–H and O–H groups in total. The van der Waals surface area contributed by atoms with Gasteiger partial charge >= 0.3 is 23.9 Å². The zero-order valence-corrected chi connectivity index (χ0v) is 31.0. The molecule has 0 aliphatic heterocycles. The monoisotopic (exact) mass is 746 g/mol. The quantitative estimate of drug-likeness (QED) is 0.0361. The lowest BCUT2D eigenvalue weighted by Gasteiger charge is -2.20. The lowest BCUT2D eigenvalue weighted by molar-refractivity contribution is -0.153. The predicted octanol–water partition coefficient (Wildman–Crippen LogP) is 7.01. The highest BCUT2D eigenvalue weighted by molar-refractivity contribution is 5.87. The minimum Gasteiger partial charge on any atom is -0.490 e. The van der Waals surface area contributed by atoms with Crippen molar-refractivity contribution in [3.05, 3.63) is 109 Å². The van der Waals surface area contributed by atoms with E-state index >= 15 is 0 Å². The van der Waals surface area contributed by atoms with E-state index in [0.29, 0.717) is 59.8 Å². The summed E-state index contributed by atoms with van der Waals surface area (Å²) in [6.45, 7) is 10.7. The third-order valence-corrected chi connectivity index (χ3v) is 7.35. The van der Waals surface area contributed by atoms with Gasteiger partial charge in [0.05, 0.1) is 13.2 Å². The highest BCUT2D eigenvalue weighted by Gasteiger charge is 2.19. The summed E-state index contributed by atoms with van der Waals surface area (Å²) < 4.78 is 45.3. The van der Waals surface area contributed by atoms with Gasteiger partial charge < -0.3 is 37.9 Å². The van der Waals surface area contributed by atoms with Gasteiger partial charge in [-0.25, -0.2) is 9.59 Å². The van der Waals surface area contributed by atoms with Crippen molar-refractivity contribution < 1.29 is 57.1 Å². The molecular weight excluding hydrogens is 696 g/mol. The van der Waals surface area contributed by atoms with E-state index in [9.17, 15) is 19.2 Å². The van der Waals surface area contributed by atoms with Crippen molar-refractivity contribution in [1.29, 1.82) is 0 Å². The summed E-state index contributed by atoms with van der Waals surface area (Å²) in [5.74, 6) is 0.329.